The van der Waals surface area contributed by atoms with Gasteiger partial charge in [0, 0.05) is 28.4 Å². The first-order chi connectivity index (χ1) is 8.54. The quantitative estimate of drug-likeness (QED) is 0.474. The van der Waals surface area contributed by atoms with E-state index in [9.17, 15) is 10.1 Å². The van der Waals surface area contributed by atoms with Gasteiger partial charge >= 0.3 is 0 Å². The van der Waals surface area contributed by atoms with Crippen molar-refractivity contribution in [1.82, 2.24) is 5.32 Å². The van der Waals surface area contributed by atoms with Crippen LogP contribution in [-0.4, -0.2) is 23.0 Å². The molecule has 100 valence electrons. The van der Waals surface area contributed by atoms with Crippen LogP contribution in [0.2, 0.25) is 5.02 Å². The molecule has 0 spiro atoms. The molecule has 18 heavy (non-hydrogen) atoms. The van der Waals surface area contributed by atoms with Crippen LogP contribution in [0.1, 0.15) is 18.9 Å². The van der Waals surface area contributed by atoms with Gasteiger partial charge in [-0.2, -0.15) is 11.8 Å². The van der Waals surface area contributed by atoms with E-state index in [-0.39, 0.29) is 10.6 Å². The number of thioether (sulfide) groups is 1. The minimum Gasteiger partial charge on any atom is -0.312 e. The fourth-order valence-corrected chi connectivity index (χ4v) is 2.07. The summed E-state index contributed by atoms with van der Waals surface area (Å²) in [5.41, 5.74) is 0.745. The molecule has 1 N–H and O–H groups in total. The van der Waals surface area contributed by atoms with E-state index in [1.165, 1.54) is 6.07 Å². The van der Waals surface area contributed by atoms with Crippen molar-refractivity contribution in [3.8, 4) is 0 Å². The summed E-state index contributed by atoms with van der Waals surface area (Å²) in [6, 6.07) is 4.63. The Morgan fingerprint density at radius 1 is 1.56 bits per heavy atom. The zero-order valence-corrected chi connectivity index (χ0v) is 12.1. The summed E-state index contributed by atoms with van der Waals surface area (Å²) in [7, 11) is 0. The smallest absolute Gasteiger partial charge is 0.273 e. The maximum absolute atomic E-state index is 10.9. The van der Waals surface area contributed by atoms with Gasteiger partial charge in [-0.1, -0.05) is 18.5 Å². The zero-order valence-electron chi connectivity index (χ0n) is 10.5. The molecule has 0 heterocycles. The molecule has 0 aliphatic heterocycles. The highest BCUT2D eigenvalue weighted by atomic mass is 35.5. The van der Waals surface area contributed by atoms with Crippen molar-refractivity contribution in [3.63, 3.8) is 0 Å². The zero-order chi connectivity index (χ0) is 13.5. The van der Waals surface area contributed by atoms with Gasteiger partial charge in [-0.05, 0) is 31.4 Å². The van der Waals surface area contributed by atoms with Crippen molar-refractivity contribution in [3.05, 3.63) is 38.9 Å². The second-order valence-corrected chi connectivity index (χ2v) is 5.75. The normalized spacial score (nSPS) is 12.4. The van der Waals surface area contributed by atoms with Crippen molar-refractivity contribution in [2.75, 3.05) is 12.8 Å². The van der Waals surface area contributed by atoms with Crippen LogP contribution in [0, 0.1) is 10.1 Å². The Labute approximate surface area is 116 Å². The highest BCUT2D eigenvalue weighted by molar-refractivity contribution is 7.99. The molecule has 0 saturated carbocycles. The summed E-state index contributed by atoms with van der Waals surface area (Å²) < 4.78 is 0. The van der Waals surface area contributed by atoms with Gasteiger partial charge in [0.25, 0.3) is 5.69 Å². The van der Waals surface area contributed by atoms with E-state index in [1.807, 2.05) is 11.8 Å². The summed E-state index contributed by atoms with van der Waals surface area (Å²) >= 11 is 7.67. The number of nitrogens with zero attached hydrogens (tertiary/aromatic N) is 1. The van der Waals surface area contributed by atoms with Crippen molar-refractivity contribution in [2.45, 2.75) is 25.1 Å². The second kappa shape index (κ2) is 7.61. The van der Waals surface area contributed by atoms with Crippen LogP contribution >= 0.6 is 23.4 Å². The SMILES string of the molecule is CSC(C)CCNCc1cc(Cl)ccc1[N+](=O)[O-]. The molecular weight excluding hydrogens is 272 g/mol. The molecule has 0 aliphatic rings. The summed E-state index contributed by atoms with van der Waals surface area (Å²) in [6.07, 6.45) is 3.11. The van der Waals surface area contributed by atoms with Crippen LogP contribution in [0.15, 0.2) is 18.2 Å². The number of hydrogen-bond acceptors (Lipinski definition) is 4. The van der Waals surface area contributed by atoms with E-state index in [0.29, 0.717) is 22.4 Å². The van der Waals surface area contributed by atoms with Crippen molar-refractivity contribution >= 4 is 29.1 Å². The predicted octanol–water partition coefficient (Wildman–Crippen LogP) is 3.48. The second-order valence-electron chi connectivity index (χ2n) is 4.04. The highest BCUT2D eigenvalue weighted by Crippen LogP contribution is 2.22. The molecule has 1 aromatic rings. The monoisotopic (exact) mass is 288 g/mol. The summed E-state index contributed by atoms with van der Waals surface area (Å²) in [5.74, 6) is 0. The van der Waals surface area contributed by atoms with E-state index in [0.717, 1.165) is 13.0 Å². The predicted molar refractivity (Wildman–Crippen MR) is 77.4 cm³/mol. The lowest BCUT2D eigenvalue weighted by molar-refractivity contribution is -0.385. The van der Waals surface area contributed by atoms with Crippen LogP contribution in [0.4, 0.5) is 5.69 Å². The summed E-state index contributed by atoms with van der Waals surface area (Å²) in [6.45, 7) is 3.47. The maximum Gasteiger partial charge on any atom is 0.273 e. The third-order valence-corrected chi connectivity index (χ3v) is 3.96. The number of nitro groups is 1. The van der Waals surface area contributed by atoms with Gasteiger partial charge in [0.2, 0.25) is 0 Å². The van der Waals surface area contributed by atoms with Crippen LogP contribution in [-0.2, 0) is 6.54 Å². The van der Waals surface area contributed by atoms with Gasteiger partial charge in [-0.25, -0.2) is 0 Å². The summed E-state index contributed by atoms with van der Waals surface area (Å²) in [4.78, 5) is 10.5. The molecule has 6 heteroatoms. The lowest BCUT2D eigenvalue weighted by atomic mass is 10.2. The van der Waals surface area contributed by atoms with Gasteiger partial charge < -0.3 is 5.32 Å². The first kappa shape index (κ1) is 15.3. The molecule has 0 radical (unpaired) electrons. The molecule has 1 rings (SSSR count). The van der Waals surface area contributed by atoms with Crippen LogP contribution in [0.25, 0.3) is 0 Å². The third-order valence-electron chi connectivity index (χ3n) is 2.68. The first-order valence-corrected chi connectivity index (χ1v) is 7.37. The van der Waals surface area contributed by atoms with Crippen LogP contribution < -0.4 is 5.32 Å². The topological polar surface area (TPSA) is 55.2 Å². The van der Waals surface area contributed by atoms with Gasteiger partial charge in [0.15, 0.2) is 0 Å². The lowest BCUT2D eigenvalue weighted by Gasteiger charge is -2.09. The molecule has 0 aliphatic carbocycles. The van der Waals surface area contributed by atoms with Gasteiger partial charge in [-0.15, -0.1) is 0 Å². The largest absolute Gasteiger partial charge is 0.312 e. The fraction of sp³-hybridized carbons (Fsp3) is 0.500. The molecule has 0 amide bonds. The van der Waals surface area contributed by atoms with Crippen molar-refractivity contribution in [2.24, 2.45) is 0 Å². The third kappa shape index (κ3) is 4.84. The van der Waals surface area contributed by atoms with E-state index in [1.54, 1.807) is 12.1 Å². The number of hydrogen-bond donors (Lipinski definition) is 1. The Bertz CT molecular complexity index is 415. The van der Waals surface area contributed by atoms with E-state index in [2.05, 4.69) is 18.5 Å². The molecule has 1 aromatic carbocycles. The average Bonchev–Trinajstić information content (AvgIpc) is 2.34. The fourth-order valence-electron chi connectivity index (χ4n) is 1.52. The lowest BCUT2D eigenvalue weighted by Crippen LogP contribution is -2.18. The summed E-state index contributed by atoms with van der Waals surface area (Å²) in [5, 5.41) is 15.2. The number of nitro benzene ring substituents is 1. The molecule has 1 atom stereocenters. The highest BCUT2D eigenvalue weighted by Gasteiger charge is 2.13. The van der Waals surface area contributed by atoms with Crippen molar-refractivity contribution < 1.29 is 4.92 Å². The number of rotatable bonds is 7. The van der Waals surface area contributed by atoms with Crippen LogP contribution in [0.3, 0.4) is 0 Å². The molecule has 0 bridgehead atoms. The van der Waals surface area contributed by atoms with Crippen LogP contribution in [0.5, 0.6) is 0 Å². The Hall–Kier alpha value is -0.780. The Kier molecular flexibility index (Phi) is 6.46. The standard InChI is InChI=1S/C12H17ClN2O2S/c1-9(18-2)5-6-14-8-10-7-11(13)3-4-12(10)15(16)17/h3-4,7,9,14H,5-6,8H2,1-2H3. The number of benzene rings is 1. The minimum absolute atomic E-state index is 0.116. The molecule has 4 nitrogen and oxygen atoms in total. The van der Waals surface area contributed by atoms with E-state index in [4.69, 9.17) is 11.6 Å². The molecule has 0 aromatic heterocycles. The number of halogens is 1. The Morgan fingerprint density at radius 3 is 2.89 bits per heavy atom. The maximum atomic E-state index is 10.9. The Morgan fingerprint density at radius 2 is 2.28 bits per heavy atom. The molecule has 0 saturated heterocycles. The van der Waals surface area contributed by atoms with Gasteiger partial charge in [-0.3, -0.25) is 10.1 Å². The average molecular weight is 289 g/mol. The van der Waals surface area contributed by atoms with Crippen molar-refractivity contribution in [1.29, 1.82) is 0 Å². The van der Waals surface area contributed by atoms with E-state index < -0.39 is 0 Å². The molecular formula is C12H17ClN2O2S. The Balaban J connectivity index is 2.55. The van der Waals surface area contributed by atoms with Gasteiger partial charge in [0.1, 0.15) is 0 Å². The first-order valence-electron chi connectivity index (χ1n) is 5.71. The number of nitrogens with one attached hydrogen (secondary N) is 1. The molecule has 0 fully saturated rings. The minimum atomic E-state index is -0.377. The van der Waals surface area contributed by atoms with Gasteiger partial charge in [0.05, 0.1) is 4.92 Å². The van der Waals surface area contributed by atoms with E-state index >= 15 is 0 Å². The molecule has 1 unspecified atom stereocenters.